The van der Waals surface area contributed by atoms with Crippen LogP contribution in [-0.4, -0.2) is 5.78 Å². The zero-order valence-electron chi connectivity index (χ0n) is 9.29. The van der Waals surface area contributed by atoms with Crippen LogP contribution in [0.2, 0.25) is 0 Å². The van der Waals surface area contributed by atoms with E-state index in [1.807, 2.05) is 23.8 Å². The predicted molar refractivity (Wildman–Crippen MR) is 66.7 cm³/mol. The first-order valence-electron chi connectivity index (χ1n) is 5.42. The van der Waals surface area contributed by atoms with Crippen LogP contribution < -0.4 is 0 Å². The quantitative estimate of drug-likeness (QED) is 0.380. The number of hydrogen-bond donors (Lipinski definition) is 0. The van der Waals surface area contributed by atoms with Crippen LogP contribution >= 0.6 is 11.3 Å². The van der Waals surface area contributed by atoms with Crippen molar-refractivity contribution in [1.82, 2.24) is 0 Å². The Kier molecular flexibility index (Phi) is 5.33. The standard InChI is InChI=1S/C13H18OS/c1-3-4-5-6-7-8-13(14)12-10-15-9-11(12)2/h3,9-10H,1,4-8H2,2H3. The smallest absolute Gasteiger partial charge is 0.163 e. The van der Waals surface area contributed by atoms with Gasteiger partial charge in [0.15, 0.2) is 5.78 Å². The number of aryl methyl sites for hydroxylation is 1. The third-order valence-electron chi connectivity index (χ3n) is 2.47. The molecule has 0 aliphatic rings. The largest absolute Gasteiger partial charge is 0.294 e. The van der Waals surface area contributed by atoms with Gasteiger partial charge in [0.2, 0.25) is 0 Å². The Labute approximate surface area is 95.8 Å². The van der Waals surface area contributed by atoms with Crippen molar-refractivity contribution in [3.63, 3.8) is 0 Å². The molecule has 0 unspecified atom stereocenters. The van der Waals surface area contributed by atoms with Crippen molar-refractivity contribution in [1.29, 1.82) is 0 Å². The van der Waals surface area contributed by atoms with Crippen molar-refractivity contribution in [2.75, 3.05) is 0 Å². The van der Waals surface area contributed by atoms with Crippen LogP contribution in [0.1, 0.15) is 48.0 Å². The molecule has 2 heteroatoms. The summed E-state index contributed by atoms with van der Waals surface area (Å²) in [5.41, 5.74) is 2.04. The van der Waals surface area contributed by atoms with E-state index in [-0.39, 0.29) is 0 Å². The number of allylic oxidation sites excluding steroid dienone is 1. The van der Waals surface area contributed by atoms with Crippen LogP contribution in [-0.2, 0) is 0 Å². The van der Waals surface area contributed by atoms with Crippen LogP contribution in [0.15, 0.2) is 23.4 Å². The number of carbonyl (C=O) groups is 1. The summed E-state index contributed by atoms with van der Waals surface area (Å²) in [5.74, 6) is 0.298. The van der Waals surface area contributed by atoms with Gasteiger partial charge in [0, 0.05) is 17.4 Å². The fraction of sp³-hybridized carbons (Fsp3) is 0.462. The molecule has 1 nitrogen and oxygen atoms in total. The first kappa shape index (κ1) is 12.2. The second-order valence-electron chi connectivity index (χ2n) is 3.78. The van der Waals surface area contributed by atoms with Gasteiger partial charge in [0.05, 0.1) is 0 Å². The van der Waals surface area contributed by atoms with Gasteiger partial charge in [-0.1, -0.05) is 12.5 Å². The Hall–Kier alpha value is -0.890. The molecule has 0 spiro atoms. The molecule has 1 heterocycles. The molecule has 0 radical (unpaired) electrons. The maximum absolute atomic E-state index is 11.7. The molecule has 0 fully saturated rings. The first-order valence-corrected chi connectivity index (χ1v) is 6.37. The van der Waals surface area contributed by atoms with Crippen molar-refractivity contribution in [3.8, 4) is 0 Å². The van der Waals surface area contributed by atoms with E-state index in [2.05, 4.69) is 6.58 Å². The van der Waals surface area contributed by atoms with E-state index in [9.17, 15) is 4.79 Å². The highest BCUT2D eigenvalue weighted by Gasteiger charge is 2.08. The second-order valence-corrected chi connectivity index (χ2v) is 4.52. The molecule has 15 heavy (non-hydrogen) atoms. The number of carbonyl (C=O) groups excluding carboxylic acids is 1. The maximum atomic E-state index is 11.7. The summed E-state index contributed by atoms with van der Waals surface area (Å²) in [6, 6.07) is 0. The molecular formula is C13H18OS. The fourth-order valence-electron chi connectivity index (χ4n) is 1.53. The van der Waals surface area contributed by atoms with Crippen LogP contribution in [0, 0.1) is 6.92 Å². The van der Waals surface area contributed by atoms with Crippen LogP contribution in [0.3, 0.4) is 0 Å². The molecule has 0 amide bonds. The number of thiophene rings is 1. The highest BCUT2D eigenvalue weighted by atomic mass is 32.1. The van der Waals surface area contributed by atoms with Crippen LogP contribution in [0.4, 0.5) is 0 Å². The number of ketones is 1. The first-order chi connectivity index (χ1) is 7.25. The normalized spacial score (nSPS) is 10.2. The van der Waals surface area contributed by atoms with E-state index in [1.54, 1.807) is 11.3 Å². The number of unbranched alkanes of at least 4 members (excludes halogenated alkanes) is 3. The Morgan fingerprint density at radius 3 is 2.80 bits per heavy atom. The molecule has 0 aromatic carbocycles. The maximum Gasteiger partial charge on any atom is 0.163 e. The monoisotopic (exact) mass is 222 g/mol. The van der Waals surface area contributed by atoms with E-state index in [0.29, 0.717) is 12.2 Å². The summed E-state index contributed by atoms with van der Waals surface area (Å²) < 4.78 is 0. The highest BCUT2D eigenvalue weighted by Crippen LogP contribution is 2.17. The van der Waals surface area contributed by atoms with E-state index >= 15 is 0 Å². The summed E-state index contributed by atoms with van der Waals surface area (Å²) >= 11 is 1.61. The molecule has 0 saturated carbocycles. The van der Waals surface area contributed by atoms with Gasteiger partial charge in [-0.05, 0) is 37.1 Å². The van der Waals surface area contributed by atoms with E-state index in [4.69, 9.17) is 0 Å². The average Bonchev–Trinajstić information content (AvgIpc) is 2.64. The molecule has 0 atom stereocenters. The summed E-state index contributed by atoms with van der Waals surface area (Å²) in [5, 5.41) is 3.99. The van der Waals surface area contributed by atoms with Crippen molar-refractivity contribution in [3.05, 3.63) is 34.5 Å². The predicted octanol–water partition coefficient (Wildman–Crippen LogP) is 4.38. The number of rotatable bonds is 7. The molecule has 0 aliphatic carbocycles. The molecule has 82 valence electrons. The molecule has 0 saturated heterocycles. The van der Waals surface area contributed by atoms with Gasteiger partial charge < -0.3 is 0 Å². The fourth-order valence-corrected chi connectivity index (χ4v) is 2.38. The SMILES string of the molecule is C=CCCCCCC(=O)c1cscc1C. The highest BCUT2D eigenvalue weighted by molar-refractivity contribution is 7.08. The van der Waals surface area contributed by atoms with E-state index in [1.165, 1.54) is 0 Å². The minimum absolute atomic E-state index is 0.298. The van der Waals surface area contributed by atoms with Gasteiger partial charge in [0.1, 0.15) is 0 Å². The Morgan fingerprint density at radius 1 is 1.40 bits per heavy atom. The van der Waals surface area contributed by atoms with Gasteiger partial charge in [0.25, 0.3) is 0 Å². The zero-order chi connectivity index (χ0) is 11.1. The van der Waals surface area contributed by atoms with Gasteiger partial charge in [-0.15, -0.1) is 6.58 Å². The molecule has 1 rings (SSSR count). The lowest BCUT2D eigenvalue weighted by atomic mass is 10.0. The molecule has 0 aliphatic heterocycles. The lowest BCUT2D eigenvalue weighted by Gasteiger charge is -1.99. The summed E-state index contributed by atoms with van der Waals surface area (Å²) in [6.07, 6.45) is 6.97. The van der Waals surface area contributed by atoms with Gasteiger partial charge in [-0.25, -0.2) is 0 Å². The lowest BCUT2D eigenvalue weighted by Crippen LogP contribution is -1.98. The Balaban J connectivity index is 2.25. The Bertz CT molecular complexity index is 325. The van der Waals surface area contributed by atoms with Crippen molar-refractivity contribution in [2.45, 2.75) is 39.0 Å². The second kappa shape index (κ2) is 6.57. The molecule has 0 bridgehead atoms. The zero-order valence-corrected chi connectivity index (χ0v) is 10.1. The van der Waals surface area contributed by atoms with E-state index < -0.39 is 0 Å². The van der Waals surface area contributed by atoms with Crippen molar-refractivity contribution < 1.29 is 4.79 Å². The lowest BCUT2D eigenvalue weighted by molar-refractivity contribution is 0.0979. The average molecular weight is 222 g/mol. The molecule has 1 aromatic rings. The Morgan fingerprint density at radius 2 is 2.20 bits per heavy atom. The van der Waals surface area contributed by atoms with Gasteiger partial charge >= 0.3 is 0 Å². The summed E-state index contributed by atoms with van der Waals surface area (Å²) in [4.78, 5) is 11.7. The van der Waals surface area contributed by atoms with Gasteiger partial charge in [-0.2, -0.15) is 11.3 Å². The molecule has 1 aromatic heterocycles. The minimum Gasteiger partial charge on any atom is -0.294 e. The van der Waals surface area contributed by atoms with E-state index in [0.717, 1.165) is 36.8 Å². The van der Waals surface area contributed by atoms with Crippen molar-refractivity contribution >= 4 is 17.1 Å². The summed E-state index contributed by atoms with van der Waals surface area (Å²) in [7, 11) is 0. The van der Waals surface area contributed by atoms with Crippen molar-refractivity contribution in [2.24, 2.45) is 0 Å². The van der Waals surface area contributed by atoms with Crippen LogP contribution in [0.25, 0.3) is 0 Å². The third kappa shape index (κ3) is 4.00. The number of hydrogen-bond acceptors (Lipinski definition) is 2. The number of Topliss-reactive ketones (excluding diaryl/α,β-unsaturated/α-hetero) is 1. The molecular weight excluding hydrogens is 204 g/mol. The molecule has 0 N–H and O–H groups in total. The third-order valence-corrected chi connectivity index (χ3v) is 3.33. The van der Waals surface area contributed by atoms with Crippen LogP contribution in [0.5, 0.6) is 0 Å². The minimum atomic E-state index is 0.298. The summed E-state index contributed by atoms with van der Waals surface area (Å²) in [6.45, 7) is 5.68. The topological polar surface area (TPSA) is 17.1 Å². The van der Waals surface area contributed by atoms with Gasteiger partial charge in [-0.3, -0.25) is 4.79 Å².